The molecule has 100 valence electrons. The van der Waals surface area contributed by atoms with E-state index >= 15 is 0 Å². The summed E-state index contributed by atoms with van der Waals surface area (Å²) in [7, 11) is 0. The van der Waals surface area contributed by atoms with Crippen molar-refractivity contribution in [3.8, 4) is 0 Å². The number of nitrogens with one attached hydrogen (secondary N) is 1. The summed E-state index contributed by atoms with van der Waals surface area (Å²) in [6, 6.07) is 12.2. The Morgan fingerprint density at radius 2 is 1.83 bits per heavy atom. The average Bonchev–Trinajstić information content (AvgIpc) is 2.93. The zero-order valence-electron chi connectivity index (χ0n) is 11.9. The van der Waals surface area contributed by atoms with Crippen LogP contribution < -0.4 is 5.32 Å². The van der Waals surface area contributed by atoms with Crippen LogP contribution in [0.4, 0.5) is 0 Å². The van der Waals surface area contributed by atoms with E-state index < -0.39 is 0 Å². The van der Waals surface area contributed by atoms with E-state index in [1.165, 1.54) is 37.7 Å². The summed E-state index contributed by atoms with van der Waals surface area (Å²) in [5, 5.41) is 3.86. The van der Waals surface area contributed by atoms with Crippen molar-refractivity contribution in [1.29, 1.82) is 0 Å². The van der Waals surface area contributed by atoms with E-state index in [0.717, 1.165) is 12.3 Å². The third kappa shape index (κ3) is 3.84. The molecule has 0 aromatic heterocycles. The lowest BCUT2D eigenvalue weighted by atomic mass is 9.96. The number of rotatable bonds is 6. The summed E-state index contributed by atoms with van der Waals surface area (Å²) in [5.41, 5.74) is 1.45. The standard InChI is InChI=1S/C17H27N/c1-3-17(13-15-9-5-4-6-10-15)18-14(2)16-11-7-8-12-16/h4-6,9-10,14,16-18H,3,7-8,11-13H2,1-2H3. The van der Waals surface area contributed by atoms with Crippen LogP contribution in [0, 0.1) is 5.92 Å². The quantitative estimate of drug-likeness (QED) is 0.793. The molecular formula is C17H27N. The van der Waals surface area contributed by atoms with Crippen molar-refractivity contribution in [2.24, 2.45) is 5.92 Å². The number of benzene rings is 1. The number of hydrogen-bond donors (Lipinski definition) is 1. The van der Waals surface area contributed by atoms with Gasteiger partial charge in [0, 0.05) is 12.1 Å². The fraction of sp³-hybridized carbons (Fsp3) is 0.647. The Balaban J connectivity index is 1.85. The second-order valence-corrected chi connectivity index (χ2v) is 5.79. The van der Waals surface area contributed by atoms with E-state index in [4.69, 9.17) is 0 Å². The lowest BCUT2D eigenvalue weighted by molar-refractivity contribution is 0.334. The van der Waals surface area contributed by atoms with Crippen LogP contribution in [0.5, 0.6) is 0 Å². The molecule has 0 aliphatic heterocycles. The Hall–Kier alpha value is -0.820. The molecule has 1 aliphatic carbocycles. The Morgan fingerprint density at radius 3 is 2.44 bits per heavy atom. The molecule has 1 heteroatoms. The van der Waals surface area contributed by atoms with E-state index in [1.807, 2.05) is 0 Å². The van der Waals surface area contributed by atoms with Gasteiger partial charge in [0.2, 0.25) is 0 Å². The molecule has 1 aliphatic rings. The summed E-state index contributed by atoms with van der Waals surface area (Å²) >= 11 is 0. The highest BCUT2D eigenvalue weighted by Gasteiger charge is 2.23. The molecule has 1 N–H and O–H groups in total. The summed E-state index contributed by atoms with van der Waals surface area (Å²) in [6.45, 7) is 4.67. The molecule has 1 nitrogen and oxygen atoms in total. The van der Waals surface area contributed by atoms with E-state index in [-0.39, 0.29) is 0 Å². The van der Waals surface area contributed by atoms with Crippen LogP contribution in [0.3, 0.4) is 0 Å². The maximum absolute atomic E-state index is 3.86. The van der Waals surface area contributed by atoms with Crippen LogP contribution in [0.2, 0.25) is 0 Å². The van der Waals surface area contributed by atoms with Gasteiger partial charge >= 0.3 is 0 Å². The van der Waals surface area contributed by atoms with Gasteiger partial charge < -0.3 is 5.32 Å². The van der Waals surface area contributed by atoms with Gasteiger partial charge in [0.1, 0.15) is 0 Å². The zero-order valence-corrected chi connectivity index (χ0v) is 11.9. The van der Waals surface area contributed by atoms with E-state index in [0.29, 0.717) is 12.1 Å². The fourth-order valence-corrected chi connectivity index (χ4v) is 3.18. The Morgan fingerprint density at radius 1 is 1.17 bits per heavy atom. The highest BCUT2D eigenvalue weighted by Crippen LogP contribution is 2.28. The smallest absolute Gasteiger partial charge is 0.0107 e. The minimum Gasteiger partial charge on any atom is -0.311 e. The molecule has 2 atom stereocenters. The molecule has 0 spiro atoms. The molecule has 0 heterocycles. The second-order valence-electron chi connectivity index (χ2n) is 5.79. The van der Waals surface area contributed by atoms with Crippen LogP contribution in [-0.4, -0.2) is 12.1 Å². The van der Waals surface area contributed by atoms with Gasteiger partial charge in [-0.3, -0.25) is 0 Å². The van der Waals surface area contributed by atoms with Gasteiger partial charge in [-0.2, -0.15) is 0 Å². The van der Waals surface area contributed by atoms with Crippen molar-refractivity contribution in [2.75, 3.05) is 0 Å². The highest BCUT2D eigenvalue weighted by molar-refractivity contribution is 5.15. The first-order valence-corrected chi connectivity index (χ1v) is 7.59. The summed E-state index contributed by atoms with van der Waals surface area (Å²) < 4.78 is 0. The third-order valence-corrected chi connectivity index (χ3v) is 4.42. The van der Waals surface area contributed by atoms with Crippen molar-refractivity contribution in [3.63, 3.8) is 0 Å². The molecule has 1 fully saturated rings. The summed E-state index contributed by atoms with van der Waals surface area (Å²) in [5.74, 6) is 0.912. The lowest BCUT2D eigenvalue weighted by Gasteiger charge is -2.26. The van der Waals surface area contributed by atoms with Crippen LogP contribution in [-0.2, 0) is 6.42 Å². The van der Waals surface area contributed by atoms with E-state index in [1.54, 1.807) is 0 Å². The van der Waals surface area contributed by atoms with Gasteiger partial charge in [-0.25, -0.2) is 0 Å². The first-order valence-electron chi connectivity index (χ1n) is 7.59. The SMILES string of the molecule is CCC(Cc1ccccc1)NC(C)C1CCCC1. The third-order valence-electron chi connectivity index (χ3n) is 4.42. The van der Waals surface area contributed by atoms with Gasteiger partial charge in [-0.05, 0) is 44.1 Å². The predicted molar refractivity (Wildman–Crippen MR) is 78.8 cm³/mol. The van der Waals surface area contributed by atoms with Crippen LogP contribution in [0.1, 0.15) is 51.5 Å². The summed E-state index contributed by atoms with van der Waals surface area (Å²) in [4.78, 5) is 0. The monoisotopic (exact) mass is 245 g/mol. The fourth-order valence-electron chi connectivity index (χ4n) is 3.18. The van der Waals surface area contributed by atoms with Gasteiger partial charge in [0.05, 0.1) is 0 Å². The molecule has 0 amide bonds. The minimum absolute atomic E-state index is 0.628. The van der Waals surface area contributed by atoms with Gasteiger partial charge in [0.15, 0.2) is 0 Å². The van der Waals surface area contributed by atoms with Gasteiger partial charge in [0.25, 0.3) is 0 Å². The van der Waals surface area contributed by atoms with Crippen LogP contribution in [0.15, 0.2) is 30.3 Å². The Labute approximate surface area is 112 Å². The first kappa shape index (κ1) is 13.6. The first-order chi connectivity index (χ1) is 8.79. The minimum atomic E-state index is 0.628. The van der Waals surface area contributed by atoms with Crippen LogP contribution in [0.25, 0.3) is 0 Å². The summed E-state index contributed by atoms with van der Waals surface area (Å²) in [6.07, 6.45) is 8.10. The Kier molecular flexibility index (Phi) is 5.25. The van der Waals surface area contributed by atoms with Gasteiger partial charge in [-0.15, -0.1) is 0 Å². The van der Waals surface area contributed by atoms with Crippen molar-refractivity contribution < 1.29 is 0 Å². The van der Waals surface area contributed by atoms with Crippen LogP contribution >= 0.6 is 0 Å². The molecule has 0 saturated heterocycles. The van der Waals surface area contributed by atoms with Crippen molar-refractivity contribution in [3.05, 3.63) is 35.9 Å². The van der Waals surface area contributed by atoms with Crippen molar-refractivity contribution >= 4 is 0 Å². The normalized spacial score (nSPS) is 19.9. The highest BCUT2D eigenvalue weighted by atomic mass is 14.9. The molecular weight excluding hydrogens is 218 g/mol. The molecule has 1 saturated carbocycles. The van der Waals surface area contributed by atoms with E-state index in [2.05, 4.69) is 49.5 Å². The zero-order chi connectivity index (χ0) is 12.8. The Bertz CT molecular complexity index is 327. The lowest BCUT2D eigenvalue weighted by Crippen LogP contribution is -2.41. The maximum Gasteiger partial charge on any atom is 0.0107 e. The topological polar surface area (TPSA) is 12.0 Å². The molecule has 18 heavy (non-hydrogen) atoms. The molecule has 2 unspecified atom stereocenters. The van der Waals surface area contributed by atoms with E-state index in [9.17, 15) is 0 Å². The molecule has 2 rings (SSSR count). The maximum atomic E-state index is 3.86. The van der Waals surface area contributed by atoms with Crippen molar-refractivity contribution in [1.82, 2.24) is 5.32 Å². The largest absolute Gasteiger partial charge is 0.311 e. The average molecular weight is 245 g/mol. The van der Waals surface area contributed by atoms with Gasteiger partial charge in [-0.1, -0.05) is 50.1 Å². The molecule has 1 aromatic rings. The molecule has 0 radical (unpaired) electrons. The molecule has 1 aromatic carbocycles. The predicted octanol–water partition coefficient (Wildman–Crippen LogP) is 4.18. The van der Waals surface area contributed by atoms with Crippen molar-refractivity contribution in [2.45, 2.75) is 64.5 Å². The number of hydrogen-bond acceptors (Lipinski definition) is 1. The second kappa shape index (κ2) is 6.94. The molecule has 0 bridgehead atoms.